The average Bonchev–Trinajstić information content (AvgIpc) is 3.90. The maximum Gasteiger partial charge on any atom is 0.164 e. The predicted octanol–water partition coefficient (Wildman–Crippen LogP) is 14.9. The summed E-state index contributed by atoms with van der Waals surface area (Å²) in [6.45, 7) is 0. The fourth-order valence-electron chi connectivity index (χ4n) is 8.90. The van der Waals surface area contributed by atoms with Crippen LogP contribution in [-0.4, -0.2) is 19.5 Å². The van der Waals surface area contributed by atoms with Gasteiger partial charge in [-0.2, -0.15) is 0 Å². The lowest BCUT2D eigenvalue weighted by Gasteiger charge is -2.11. The van der Waals surface area contributed by atoms with Crippen molar-refractivity contribution in [3.8, 4) is 73.2 Å². The third kappa shape index (κ3) is 6.14. The number of hydrogen-bond donors (Lipinski definition) is 0. The Kier molecular flexibility index (Phi) is 8.42. The van der Waals surface area contributed by atoms with E-state index >= 15 is 0 Å². The van der Waals surface area contributed by atoms with Crippen LogP contribution < -0.4 is 0 Å². The highest BCUT2D eigenvalue weighted by molar-refractivity contribution is 6.15. The topological polar surface area (TPSA) is 56.7 Å². The van der Waals surface area contributed by atoms with Gasteiger partial charge in [-0.3, -0.25) is 0 Å². The molecule has 0 bridgehead atoms. The minimum Gasteiger partial charge on any atom is -0.456 e. The molecule has 0 fully saturated rings. The quantitative estimate of drug-likeness (QED) is 0.161. The predicted molar refractivity (Wildman–Crippen MR) is 254 cm³/mol. The Balaban J connectivity index is 1.00. The summed E-state index contributed by atoms with van der Waals surface area (Å²) >= 11 is 0. The molecular weight excluding hydrogens is 757 g/mol. The Morgan fingerprint density at radius 1 is 0.306 bits per heavy atom. The first-order chi connectivity index (χ1) is 30.7. The Morgan fingerprint density at radius 2 is 0.806 bits per heavy atom. The molecule has 0 saturated heterocycles. The zero-order valence-electron chi connectivity index (χ0n) is 33.5. The first-order valence-electron chi connectivity index (χ1n) is 20.8. The zero-order valence-corrected chi connectivity index (χ0v) is 33.5. The van der Waals surface area contributed by atoms with Gasteiger partial charge in [0.2, 0.25) is 0 Å². The van der Waals surface area contributed by atoms with Crippen LogP contribution in [0, 0.1) is 0 Å². The normalized spacial score (nSPS) is 11.5. The van der Waals surface area contributed by atoms with Crippen LogP contribution >= 0.6 is 0 Å². The zero-order chi connectivity index (χ0) is 41.0. The van der Waals surface area contributed by atoms with Crippen molar-refractivity contribution in [2.24, 2.45) is 0 Å². The second-order valence-corrected chi connectivity index (χ2v) is 15.6. The van der Waals surface area contributed by atoms with Crippen molar-refractivity contribution in [2.75, 3.05) is 0 Å². The van der Waals surface area contributed by atoms with E-state index in [4.69, 9.17) is 19.4 Å². The van der Waals surface area contributed by atoms with Crippen LogP contribution in [0.3, 0.4) is 0 Å². The second kappa shape index (κ2) is 14.7. The van der Waals surface area contributed by atoms with Crippen molar-refractivity contribution < 1.29 is 4.42 Å². The van der Waals surface area contributed by atoms with E-state index in [9.17, 15) is 0 Å². The van der Waals surface area contributed by atoms with E-state index in [1.807, 2.05) is 12.1 Å². The summed E-state index contributed by atoms with van der Waals surface area (Å²) in [6, 6.07) is 76.3. The minimum absolute atomic E-state index is 0.571. The number of rotatable bonds is 7. The van der Waals surface area contributed by atoms with E-state index in [-0.39, 0.29) is 0 Å². The lowest BCUT2D eigenvalue weighted by molar-refractivity contribution is 0.669. The van der Waals surface area contributed by atoms with Gasteiger partial charge in [0, 0.05) is 43.9 Å². The summed E-state index contributed by atoms with van der Waals surface area (Å²) in [5.74, 6) is 1.77. The maximum absolute atomic E-state index is 6.69. The van der Waals surface area contributed by atoms with Gasteiger partial charge in [0.05, 0.1) is 11.0 Å². The van der Waals surface area contributed by atoms with Crippen LogP contribution in [-0.2, 0) is 0 Å². The van der Waals surface area contributed by atoms with Gasteiger partial charge in [0.25, 0.3) is 0 Å². The van der Waals surface area contributed by atoms with E-state index in [1.54, 1.807) is 0 Å². The molecule has 0 radical (unpaired) electrons. The van der Waals surface area contributed by atoms with Crippen molar-refractivity contribution >= 4 is 43.7 Å². The van der Waals surface area contributed by atoms with Crippen LogP contribution in [0.15, 0.2) is 223 Å². The summed E-state index contributed by atoms with van der Waals surface area (Å²) in [6.07, 6.45) is 0. The van der Waals surface area contributed by atoms with E-state index in [0.717, 1.165) is 83.2 Å². The second-order valence-electron chi connectivity index (χ2n) is 15.6. The van der Waals surface area contributed by atoms with E-state index in [2.05, 4.69) is 211 Å². The number of furan rings is 1. The largest absolute Gasteiger partial charge is 0.456 e. The number of aromatic nitrogens is 4. The molecule has 0 saturated carbocycles. The van der Waals surface area contributed by atoms with E-state index in [0.29, 0.717) is 17.5 Å². The molecule has 0 aliphatic carbocycles. The van der Waals surface area contributed by atoms with Gasteiger partial charge in [0.1, 0.15) is 11.2 Å². The average molecular weight is 793 g/mol. The molecule has 290 valence electrons. The van der Waals surface area contributed by atoms with Crippen LogP contribution in [0.2, 0.25) is 0 Å². The van der Waals surface area contributed by atoms with Crippen LogP contribution in [0.5, 0.6) is 0 Å². The number of fused-ring (bicyclic) bond motifs is 6. The highest BCUT2D eigenvalue weighted by Crippen LogP contribution is 2.41. The molecule has 0 aliphatic rings. The smallest absolute Gasteiger partial charge is 0.164 e. The van der Waals surface area contributed by atoms with Crippen LogP contribution in [0.4, 0.5) is 0 Å². The SMILES string of the molecule is c1ccc(-c2cccc(-c3nc(-c4cccc(-c5ccccc5)c4)nc(-c4ccc5c(c4)oc4cccc(-c6ccc7c8ccccc8n(-c8ccccc8)c7c6)c45)n3)c2)cc1. The Labute approximate surface area is 357 Å². The van der Waals surface area contributed by atoms with Gasteiger partial charge < -0.3 is 8.98 Å². The summed E-state index contributed by atoms with van der Waals surface area (Å²) in [4.78, 5) is 15.4. The van der Waals surface area contributed by atoms with Crippen LogP contribution in [0.25, 0.3) is 117 Å². The Morgan fingerprint density at radius 3 is 1.47 bits per heavy atom. The maximum atomic E-state index is 6.69. The lowest BCUT2D eigenvalue weighted by atomic mass is 9.98. The number of hydrogen-bond acceptors (Lipinski definition) is 4. The molecule has 3 heterocycles. The molecule has 12 rings (SSSR count). The highest BCUT2D eigenvalue weighted by atomic mass is 16.3. The molecule has 5 nitrogen and oxygen atoms in total. The van der Waals surface area contributed by atoms with Gasteiger partial charge in [0.15, 0.2) is 17.5 Å². The number of benzene rings is 9. The molecule has 9 aromatic carbocycles. The standard InChI is InChI=1S/C57H36N4O/c1-4-15-37(16-5-1)39-19-12-21-42(33-39)55-58-56(43-22-13-20-40(34-43)38-17-6-2-7-18-38)60-57(59-55)44-30-32-49-53(36-44)62-52-28-14-26-46(54(49)52)41-29-31-48-47-25-10-11-27-50(47)61(51(48)35-41)45-23-8-3-9-24-45/h1-36H. The molecule has 0 amide bonds. The summed E-state index contributed by atoms with van der Waals surface area (Å²) in [7, 11) is 0. The number of nitrogens with zero attached hydrogens (tertiary/aromatic N) is 4. The lowest BCUT2D eigenvalue weighted by Crippen LogP contribution is -2.00. The first-order valence-corrected chi connectivity index (χ1v) is 20.8. The van der Waals surface area contributed by atoms with Crippen molar-refractivity contribution in [1.29, 1.82) is 0 Å². The molecular formula is C57H36N4O. The molecule has 62 heavy (non-hydrogen) atoms. The van der Waals surface area contributed by atoms with Gasteiger partial charge in [-0.15, -0.1) is 0 Å². The Bertz CT molecular complexity index is 3530. The van der Waals surface area contributed by atoms with Crippen molar-refractivity contribution in [3.63, 3.8) is 0 Å². The minimum atomic E-state index is 0.571. The highest BCUT2D eigenvalue weighted by Gasteiger charge is 2.19. The fourth-order valence-corrected chi connectivity index (χ4v) is 8.90. The van der Waals surface area contributed by atoms with Crippen molar-refractivity contribution in [3.05, 3.63) is 218 Å². The molecule has 12 aromatic rings. The first kappa shape index (κ1) is 35.5. The van der Waals surface area contributed by atoms with E-state index in [1.165, 1.54) is 16.3 Å². The summed E-state index contributed by atoms with van der Waals surface area (Å²) in [5, 5.41) is 4.55. The molecule has 0 spiro atoms. The molecule has 0 atom stereocenters. The molecule has 5 heteroatoms. The van der Waals surface area contributed by atoms with Crippen LogP contribution in [0.1, 0.15) is 0 Å². The van der Waals surface area contributed by atoms with Gasteiger partial charge in [-0.05, 0) is 88.0 Å². The molecule has 0 N–H and O–H groups in total. The number of para-hydroxylation sites is 2. The summed E-state index contributed by atoms with van der Waals surface area (Å²) in [5.41, 5.74) is 14.4. The fraction of sp³-hybridized carbons (Fsp3) is 0. The third-order valence-corrected chi connectivity index (χ3v) is 11.8. The third-order valence-electron chi connectivity index (χ3n) is 11.8. The van der Waals surface area contributed by atoms with Crippen molar-refractivity contribution in [2.45, 2.75) is 0 Å². The molecule has 3 aromatic heterocycles. The summed E-state index contributed by atoms with van der Waals surface area (Å²) < 4.78 is 9.05. The Hall–Kier alpha value is -8.41. The monoisotopic (exact) mass is 792 g/mol. The van der Waals surface area contributed by atoms with Gasteiger partial charge >= 0.3 is 0 Å². The van der Waals surface area contributed by atoms with Crippen molar-refractivity contribution in [1.82, 2.24) is 19.5 Å². The van der Waals surface area contributed by atoms with Gasteiger partial charge in [-0.25, -0.2) is 15.0 Å². The molecule has 0 unspecified atom stereocenters. The molecule has 0 aliphatic heterocycles. The van der Waals surface area contributed by atoms with E-state index < -0.39 is 0 Å². The van der Waals surface area contributed by atoms with Gasteiger partial charge in [-0.1, -0.05) is 164 Å².